The van der Waals surface area contributed by atoms with Gasteiger partial charge in [-0.1, -0.05) is 30.9 Å². The summed E-state index contributed by atoms with van der Waals surface area (Å²) in [7, 11) is 0. The highest BCUT2D eigenvalue weighted by molar-refractivity contribution is 5.32. The fourth-order valence-corrected chi connectivity index (χ4v) is 6.56. The van der Waals surface area contributed by atoms with Gasteiger partial charge in [0.05, 0.1) is 0 Å². The van der Waals surface area contributed by atoms with Crippen molar-refractivity contribution in [3.63, 3.8) is 0 Å². The first-order chi connectivity index (χ1) is 8.22. The molecule has 0 aromatic carbocycles. The molecule has 0 heteroatoms. The highest BCUT2D eigenvalue weighted by Gasteiger charge is 2.62. The maximum atomic E-state index is 2.44. The van der Waals surface area contributed by atoms with Crippen LogP contribution in [0.3, 0.4) is 0 Å². The van der Waals surface area contributed by atoms with E-state index in [1.807, 2.05) is 0 Å². The molecule has 3 fully saturated rings. The Morgan fingerprint density at radius 2 is 1.65 bits per heavy atom. The van der Waals surface area contributed by atoms with Crippen LogP contribution in [0, 0.1) is 41.4 Å². The molecule has 4 aliphatic carbocycles. The predicted octanol–water partition coefficient (Wildman–Crippen LogP) is 4.66. The van der Waals surface area contributed by atoms with Crippen LogP contribution in [-0.4, -0.2) is 0 Å². The summed E-state index contributed by atoms with van der Waals surface area (Å²) in [5.41, 5.74) is 3.61. The summed E-state index contributed by atoms with van der Waals surface area (Å²) in [5.74, 6) is 7.64. The Bertz CT molecular complexity index is 377. The third-order valence-corrected chi connectivity index (χ3v) is 7.10. The molecule has 0 heterocycles. The van der Waals surface area contributed by atoms with Gasteiger partial charge in [-0.25, -0.2) is 0 Å². The van der Waals surface area contributed by atoms with Crippen LogP contribution in [0.2, 0.25) is 0 Å². The van der Waals surface area contributed by atoms with Gasteiger partial charge >= 0.3 is 0 Å². The molecule has 4 bridgehead atoms. The molecule has 0 radical (unpaired) electrons. The largest absolute Gasteiger partial charge is 0.0707 e. The van der Waals surface area contributed by atoms with E-state index in [-0.39, 0.29) is 0 Å². The predicted molar refractivity (Wildman–Crippen MR) is 71.6 cm³/mol. The zero-order chi connectivity index (χ0) is 11.7. The highest BCUT2D eigenvalue weighted by Crippen LogP contribution is 2.70. The first-order valence-electron chi connectivity index (χ1n) is 7.89. The summed E-state index contributed by atoms with van der Waals surface area (Å²) in [4.78, 5) is 0. The Labute approximate surface area is 106 Å². The number of fused-ring (bicyclic) bond motifs is 9. The van der Waals surface area contributed by atoms with Gasteiger partial charge in [-0.05, 0) is 74.5 Å². The molecule has 4 aliphatic rings. The lowest BCUT2D eigenvalue weighted by Gasteiger charge is -2.39. The lowest BCUT2D eigenvalue weighted by Crippen LogP contribution is -2.33. The first-order valence-corrected chi connectivity index (χ1v) is 7.89. The van der Waals surface area contributed by atoms with Gasteiger partial charge in [0, 0.05) is 0 Å². The third-order valence-electron chi connectivity index (χ3n) is 7.10. The van der Waals surface area contributed by atoms with E-state index in [0.29, 0.717) is 0 Å². The van der Waals surface area contributed by atoms with Crippen molar-refractivity contribution in [2.75, 3.05) is 0 Å². The zero-order valence-corrected chi connectivity index (χ0v) is 11.6. The average molecular weight is 230 g/mol. The second-order valence-electron chi connectivity index (χ2n) is 7.41. The molecule has 0 saturated heterocycles. The zero-order valence-electron chi connectivity index (χ0n) is 11.6. The van der Waals surface area contributed by atoms with Crippen LogP contribution in [-0.2, 0) is 0 Å². The second-order valence-corrected chi connectivity index (χ2v) is 7.41. The summed E-state index contributed by atoms with van der Waals surface area (Å²) in [6, 6.07) is 0. The van der Waals surface area contributed by atoms with Crippen molar-refractivity contribution in [3.8, 4) is 0 Å². The molecule has 7 atom stereocenters. The minimum atomic E-state index is 1.01. The molecular weight excluding hydrogens is 204 g/mol. The second kappa shape index (κ2) is 3.39. The van der Waals surface area contributed by atoms with E-state index in [1.54, 1.807) is 30.4 Å². The molecule has 0 aliphatic heterocycles. The molecule has 0 aromatic heterocycles. The van der Waals surface area contributed by atoms with Crippen LogP contribution in [0.15, 0.2) is 11.1 Å². The highest BCUT2D eigenvalue weighted by atomic mass is 14.7. The Morgan fingerprint density at radius 1 is 0.941 bits per heavy atom. The van der Waals surface area contributed by atoms with Gasteiger partial charge in [-0.15, -0.1) is 0 Å². The van der Waals surface area contributed by atoms with Crippen LogP contribution in [0.1, 0.15) is 52.9 Å². The number of allylic oxidation sites excluding steroid dienone is 2. The summed E-state index contributed by atoms with van der Waals surface area (Å²) >= 11 is 0. The van der Waals surface area contributed by atoms with E-state index in [1.165, 1.54) is 12.8 Å². The number of hydrogen-bond donors (Lipinski definition) is 0. The van der Waals surface area contributed by atoms with Crippen LogP contribution in [0.5, 0.6) is 0 Å². The van der Waals surface area contributed by atoms with E-state index < -0.39 is 0 Å². The summed E-state index contributed by atoms with van der Waals surface area (Å²) in [5, 5.41) is 0. The maximum absolute atomic E-state index is 2.44. The van der Waals surface area contributed by atoms with Gasteiger partial charge in [-0.3, -0.25) is 0 Å². The molecule has 7 unspecified atom stereocenters. The van der Waals surface area contributed by atoms with Crippen LogP contribution in [0.25, 0.3) is 0 Å². The lowest BCUT2D eigenvalue weighted by atomic mass is 9.65. The maximum Gasteiger partial charge on any atom is -0.0163 e. The van der Waals surface area contributed by atoms with Crippen molar-refractivity contribution in [1.82, 2.24) is 0 Å². The van der Waals surface area contributed by atoms with Crippen molar-refractivity contribution < 1.29 is 0 Å². The Balaban J connectivity index is 1.66. The normalized spacial score (nSPS) is 54.9. The van der Waals surface area contributed by atoms with Gasteiger partial charge in [0.1, 0.15) is 0 Å². The van der Waals surface area contributed by atoms with E-state index >= 15 is 0 Å². The van der Waals surface area contributed by atoms with Crippen molar-refractivity contribution >= 4 is 0 Å². The third kappa shape index (κ3) is 1.15. The van der Waals surface area contributed by atoms with E-state index in [9.17, 15) is 0 Å². The molecule has 3 saturated carbocycles. The standard InChI is InChI=1S/C17H26/c1-4-5-11-6-12-7-15(11)17-14-8-13(16(12)17)9(2)10(14)3/h11-17H,4-8H2,1-3H3. The molecule has 0 aromatic rings. The van der Waals surface area contributed by atoms with Gasteiger partial charge in [-0.2, -0.15) is 0 Å². The topological polar surface area (TPSA) is 0 Å². The molecule has 0 N–H and O–H groups in total. The molecule has 0 amide bonds. The van der Waals surface area contributed by atoms with Gasteiger partial charge in [0.25, 0.3) is 0 Å². The SMILES string of the molecule is CCCC1CC2CC1C1C3CC(C(C)=C3C)C21. The van der Waals surface area contributed by atoms with Crippen molar-refractivity contribution in [2.45, 2.75) is 52.9 Å². The molecule has 17 heavy (non-hydrogen) atoms. The summed E-state index contributed by atoms with van der Waals surface area (Å²) in [6.45, 7) is 7.25. The quantitative estimate of drug-likeness (QED) is 0.478. The number of rotatable bonds is 2. The van der Waals surface area contributed by atoms with Crippen LogP contribution >= 0.6 is 0 Å². The monoisotopic (exact) mass is 230 g/mol. The molecule has 0 nitrogen and oxygen atoms in total. The van der Waals surface area contributed by atoms with E-state index in [4.69, 9.17) is 0 Å². The van der Waals surface area contributed by atoms with Gasteiger partial charge in [0.2, 0.25) is 0 Å². The van der Waals surface area contributed by atoms with Crippen LogP contribution < -0.4 is 0 Å². The smallest absolute Gasteiger partial charge is 0.0163 e. The fraction of sp³-hybridized carbons (Fsp3) is 0.882. The molecule has 4 rings (SSSR count). The Kier molecular flexibility index (Phi) is 2.13. The minimum Gasteiger partial charge on any atom is -0.0707 e. The lowest BCUT2D eigenvalue weighted by molar-refractivity contribution is 0.136. The van der Waals surface area contributed by atoms with E-state index in [2.05, 4.69) is 20.8 Å². The number of hydrogen-bond acceptors (Lipinski definition) is 0. The van der Waals surface area contributed by atoms with Crippen molar-refractivity contribution in [1.29, 1.82) is 0 Å². The van der Waals surface area contributed by atoms with E-state index in [0.717, 1.165) is 41.4 Å². The Hall–Kier alpha value is -0.260. The summed E-state index contributed by atoms with van der Waals surface area (Å²) < 4.78 is 0. The molecular formula is C17H26. The van der Waals surface area contributed by atoms with Crippen molar-refractivity contribution in [3.05, 3.63) is 11.1 Å². The minimum absolute atomic E-state index is 1.01. The first kappa shape index (κ1) is 10.6. The van der Waals surface area contributed by atoms with Crippen LogP contribution in [0.4, 0.5) is 0 Å². The van der Waals surface area contributed by atoms with Crippen molar-refractivity contribution in [2.24, 2.45) is 41.4 Å². The van der Waals surface area contributed by atoms with Gasteiger partial charge < -0.3 is 0 Å². The summed E-state index contributed by atoms with van der Waals surface area (Å²) in [6.07, 6.45) is 7.67. The molecule has 94 valence electrons. The average Bonchev–Trinajstić information content (AvgIpc) is 2.99. The van der Waals surface area contributed by atoms with Gasteiger partial charge in [0.15, 0.2) is 0 Å². The fourth-order valence-electron chi connectivity index (χ4n) is 6.56. The molecule has 0 spiro atoms. The Morgan fingerprint density at radius 3 is 2.35 bits per heavy atom.